The molecule has 6 heteroatoms. The van der Waals surface area contributed by atoms with Gasteiger partial charge in [-0.3, -0.25) is 14.5 Å². The molecule has 3 unspecified atom stereocenters. The van der Waals surface area contributed by atoms with Gasteiger partial charge in [0, 0.05) is 25.7 Å². The number of rotatable bonds is 5. The molecule has 0 aromatic rings. The minimum atomic E-state index is -0.298. The van der Waals surface area contributed by atoms with Gasteiger partial charge in [-0.2, -0.15) is 0 Å². The van der Waals surface area contributed by atoms with Gasteiger partial charge in [0.2, 0.25) is 11.8 Å². The van der Waals surface area contributed by atoms with Crippen LogP contribution in [0, 0.1) is 5.92 Å². The predicted octanol–water partition coefficient (Wildman–Crippen LogP) is 1.49. The number of hydrogen-bond donors (Lipinski definition) is 1. The van der Waals surface area contributed by atoms with E-state index in [1.165, 1.54) is 4.90 Å². The SMILES string of the molecule is CC1CN(C(C(=O)N(C)CC(=O)NC(C)(C)C)C(C)C)CC(C)O1. The fourth-order valence-corrected chi connectivity index (χ4v) is 3.28. The highest BCUT2D eigenvalue weighted by molar-refractivity contribution is 5.87. The van der Waals surface area contributed by atoms with Crippen LogP contribution in [0.25, 0.3) is 0 Å². The molecule has 1 aliphatic heterocycles. The molecule has 24 heavy (non-hydrogen) atoms. The lowest BCUT2D eigenvalue weighted by Gasteiger charge is -2.42. The van der Waals surface area contributed by atoms with E-state index < -0.39 is 0 Å². The summed E-state index contributed by atoms with van der Waals surface area (Å²) in [5.74, 6) is 0.0306. The minimum absolute atomic E-state index is 0.00430. The van der Waals surface area contributed by atoms with Gasteiger partial charge in [0.1, 0.15) is 0 Å². The van der Waals surface area contributed by atoms with Crippen LogP contribution < -0.4 is 5.32 Å². The molecule has 1 N–H and O–H groups in total. The number of carbonyl (C=O) groups is 2. The molecule has 1 fully saturated rings. The van der Waals surface area contributed by atoms with Gasteiger partial charge < -0.3 is 15.0 Å². The van der Waals surface area contributed by atoms with Gasteiger partial charge in [-0.15, -0.1) is 0 Å². The number of amides is 2. The first-order chi connectivity index (χ1) is 10.9. The van der Waals surface area contributed by atoms with Gasteiger partial charge in [0.05, 0.1) is 24.8 Å². The van der Waals surface area contributed by atoms with Crippen LogP contribution in [-0.2, 0) is 14.3 Å². The van der Waals surface area contributed by atoms with Crippen LogP contribution >= 0.6 is 0 Å². The topological polar surface area (TPSA) is 61.9 Å². The average Bonchev–Trinajstić information content (AvgIpc) is 2.34. The number of morpholine rings is 1. The van der Waals surface area contributed by atoms with Gasteiger partial charge in [0.25, 0.3) is 0 Å². The van der Waals surface area contributed by atoms with Crippen LogP contribution in [0.2, 0.25) is 0 Å². The van der Waals surface area contributed by atoms with E-state index >= 15 is 0 Å². The summed E-state index contributed by atoms with van der Waals surface area (Å²) in [6.07, 6.45) is 0.217. The smallest absolute Gasteiger partial charge is 0.240 e. The lowest BCUT2D eigenvalue weighted by molar-refractivity contribution is -0.146. The average molecular weight is 341 g/mol. The van der Waals surface area contributed by atoms with E-state index in [-0.39, 0.29) is 48.1 Å². The van der Waals surface area contributed by atoms with Gasteiger partial charge in [-0.05, 0) is 40.5 Å². The molecular weight excluding hydrogens is 306 g/mol. The lowest BCUT2D eigenvalue weighted by Crippen LogP contribution is -2.58. The summed E-state index contributed by atoms with van der Waals surface area (Å²) in [6.45, 7) is 15.5. The molecule has 0 aliphatic carbocycles. The first-order valence-electron chi connectivity index (χ1n) is 8.86. The number of nitrogens with one attached hydrogen (secondary N) is 1. The molecule has 1 saturated heterocycles. The quantitative estimate of drug-likeness (QED) is 0.823. The van der Waals surface area contributed by atoms with Gasteiger partial charge >= 0.3 is 0 Å². The van der Waals surface area contributed by atoms with Crippen LogP contribution in [0.15, 0.2) is 0 Å². The molecule has 1 rings (SSSR count). The van der Waals surface area contributed by atoms with E-state index in [1.807, 2.05) is 34.6 Å². The van der Waals surface area contributed by atoms with Crippen molar-refractivity contribution < 1.29 is 14.3 Å². The summed E-state index contributed by atoms with van der Waals surface area (Å²) < 4.78 is 5.78. The van der Waals surface area contributed by atoms with E-state index in [0.717, 1.165) is 13.1 Å². The third-order valence-corrected chi connectivity index (χ3v) is 4.00. The molecule has 0 aromatic heterocycles. The molecule has 2 amide bonds. The maximum Gasteiger partial charge on any atom is 0.240 e. The van der Waals surface area contributed by atoms with E-state index in [0.29, 0.717) is 0 Å². The van der Waals surface area contributed by atoms with Crippen LogP contribution in [0.5, 0.6) is 0 Å². The second-order valence-corrected chi connectivity index (χ2v) is 8.39. The van der Waals surface area contributed by atoms with E-state index in [4.69, 9.17) is 4.74 Å². The molecule has 140 valence electrons. The van der Waals surface area contributed by atoms with Crippen LogP contribution in [0.3, 0.4) is 0 Å². The zero-order chi connectivity index (χ0) is 18.7. The van der Waals surface area contributed by atoms with Crippen molar-refractivity contribution in [3.8, 4) is 0 Å². The highest BCUT2D eigenvalue weighted by atomic mass is 16.5. The van der Waals surface area contributed by atoms with E-state index in [1.54, 1.807) is 7.05 Å². The third kappa shape index (κ3) is 6.40. The van der Waals surface area contributed by atoms with Crippen molar-refractivity contribution in [1.29, 1.82) is 0 Å². The summed E-state index contributed by atoms with van der Waals surface area (Å²) in [6, 6.07) is -0.230. The molecule has 0 bridgehead atoms. The molecule has 3 atom stereocenters. The fraction of sp³-hybridized carbons (Fsp3) is 0.889. The van der Waals surface area contributed by atoms with E-state index in [2.05, 4.69) is 24.1 Å². The Morgan fingerprint density at radius 2 is 1.71 bits per heavy atom. The lowest BCUT2D eigenvalue weighted by atomic mass is 9.99. The molecule has 1 aliphatic rings. The van der Waals surface area contributed by atoms with Gasteiger partial charge in [0.15, 0.2) is 0 Å². The Balaban J connectivity index is 2.77. The van der Waals surface area contributed by atoms with Crippen molar-refractivity contribution >= 4 is 11.8 Å². The van der Waals surface area contributed by atoms with Crippen LogP contribution in [0.1, 0.15) is 48.5 Å². The summed E-state index contributed by atoms with van der Waals surface area (Å²) in [5, 5.41) is 2.90. The number of nitrogens with zero attached hydrogens (tertiary/aromatic N) is 2. The van der Waals surface area contributed by atoms with E-state index in [9.17, 15) is 9.59 Å². The number of carbonyl (C=O) groups excluding carboxylic acids is 2. The Hall–Kier alpha value is -1.14. The Kier molecular flexibility index (Phi) is 7.23. The number of hydrogen-bond acceptors (Lipinski definition) is 4. The first-order valence-corrected chi connectivity index (χ1v) is 8.86. The Labute approximate surface area is 146 Å². The Bertz CT molecular complexity index is 435. The van der Waals surface area contributed by atoms with Gasteiger partial charge in [-0.25, -0.2) is 0 Å². The number of likely N-dealkylation sites (N-methyl/N-ethyl adjacent to an activating group) is 1. The first kappa shape index (κ1) is 20.9. The molecule has 0 radical (unpaired) electrons. The summed E-state index contributed by atoms with van der Waals surface area (Å²) in [7, 11) is 1.70. The largest absolute Gasteiger partial charge is 0.373 e. The highest BCUT2D eigenvalue weighted by Gasteiger charge is 2.36. The van der Waals surface area contributed by atoms with Crippen molar-refractivity contribution in [2.45, 2.75) is 72.3 Å². The monoisotopic (exact) mass is 341 g/mol. The fourth-order valence-electron chi connectivity index (χ4n) is 3.28. The molecular formula is C18H35N3O3. The molecule has 0 saturated carbocycles. The zero-order valence-electron chi connectivity index (χ0n) is 16.5. The minimum Gasteiger partial charge on any atom is -0.373 e. The van der Waals surface area contributed by atoms with Crippen LogP contribution in [0.4, 0.5) is 0 Å². The molecule has 1 heterocycles. The highest BCUT2D eigenvalue weighted by Crippen LogP contribution is 2.20. The Morgan fingerprint density at radius 1 is 1.21 bits per heavy atom. The third-order valence-electron chi connectivity index (χ3n) is 4.00. The summed E-state index contributed by atoms with van der Waals surface area (Å²) in [4.78, 5) is 28.8. The molecule has 0 spiro atoms. The van der Waals surface area contributed by atoms with Crippen molar-refractivity contribution in [2.75, 3.05) is 26.7 Å². The van der Waals surface area contributed by atoms with Crippen LogP contribution in [-0.4, -0.2) is 72.1 Å². The standard InChI is InChI=1S/C18H35N3O3/c1-12(2)16(21-9-13(3)24-14(4)10-21)17(23)20(8)11-15(22)19-18(5,6)7/h12-14,16H,9-11H2,1-8H3,(H,19,22). The van der Waals surface area contributed by atoms with Crippen molar-refractivity contribution in [3.63, 3.8) is 0 Å². The normalized spacial score (nSPS) is 23.9. The summed E-state index contributed by atoms with van der Waals surface area (Å²) in [5.41, 5.74) is -0.298. The number of ether oxygens (including phenoxy) is 1. The molecule has 0 aromatic carbocycles. The maximum atomic E-state index is 13.0. The summed E-state index contributed by atoms with van der Waals surface area (Å²) >= 11 is 0. The maximum absolute atomic E-state index is 13.0. The Morgan fingerprint density at radius 3 is 2.12 bits per heavy atom. The second-order valence-electron chi connectivity index (χ2n) is 8.39. The molecule has 6 nitrogen and oxygen atoms in total. The predicted molar refractivity (Wildman–Crippen MR) is 95.7 cm³/mol. The van der Waals surface area contributed by atoms with Gasteiger partial charge in [-0.1, -0.05) is 13.8 Å². The second kappa shape index (κ2) is 8.30. The zero-order valence-corrected chi connectivity index (χ0v) is 16.5. The van der Waals surface area contributed by atoms with Crippen molar-refractivity contribution in [2.24, 2.45) is 5.92 Å². The van der Waals surface area contributed by atoms with Crippen molar-refractivity contribution in [1.82, 2.24) is 15.1 Å². The van der Waals surface area contributed by atoms with Crippen molar-refractivity contribution in [3.05, 3.63) is 0 Å².